The number of benzene rings is 3. The second kappa shape index (κ2) is 8.59. The van der Waals surface area contributed by atoms with Crippen molar-refractivity contribution in [2.24, 2.45) is 0 Å². The van der Waals surface area contributed by atoms with Crippen LogP contribution in [0.3, 0.4) is 0 Å². The fraction of sp³-hybridized carbons (Fsp3) is 0.200. The van der Waals surface area contributed by atoms with E-state index in [1.165, 1.54) is 22.9 Å². The first-order chi connectivity index (χ1) is 15.6. The number of rotatable bonds is 4. The molecule has 1 aromatic heterocycles. The van der Waals surface area contributed by atoms with E-state index in [1.807, 2.05) is 55.1 Å². The van der Waals surface area contributed by atoms with Crippen molar-refractivity contribution in [2.45, 2.75) is 31.8 Å². The lowest BCUT2D eigenvalue weighted by Crippen LogP contribution is -2.28. The highest BCUT2D eigenvalue weighted by molar-refractivity contribution is 7.99. The second-order valence-electron chi connectivity index (χ2n) is 7.94. The number of carbonyl (C=O) groups is 1. The van der Waals surface area contributed by atoms with Crippen LogP contribution in [0.1, 0.15) is 22.3 Å². The number of aryl methyl sites for hydroxylation is 4. The van der Waals surface area contributed by atoms with Gasteiger partial charge in [0.05, 0.1) is 22.8 Å². The van der Waals surface area contributed by atoms with Gasteiger partial charge in [-0.25, -0.2) is 0 Å². The number of hydrogen-bond acceptors (Lipinski definition) is 5. The summed E-state index contributed by atoms with van der Waals surface area (Å²) in [5, 5.41) is 12.8. The van der Waals surface area contributed by atoms with E-state index in [4.69, 9.17) is 0 Å². The Morgan fingerprint density at radius 3 is 2.25 bits per heavy atom. The molecule has 1 aliphatic rings. The van der Waals surface area contributed by atoms with Crippen LogP contribution in [0, 0.1) is 13.8 Å². The highest BCUT2D eigenvalue weighted by Crippen LogP contribution is 2.36. The van der Waals surface area contributed by atoms with Gasteiger partial charge in [-0.2, -0.15) is 4.68 Å². The molecule has 0 N–H and O–H groups in total. The van der Waals surface area contributed by atoms with Gasteiger partial charge in [-0.15, -0.1) is 5.10 Å². The average molecular weight is 442 g/mol. The van der Waals surface area contributed by atoms with E-state index >= 15 is 0 Å². The number of nitrogens with zero attached hydrogens (tertiary/aromatic N) is 5. The van der Waals surface area contributed by atoms with E-state index in [-0.39, 0.29) is 11.7 Å². The van der Waals surface area contributed by atoms with Crippen LogP contribution in [-0.2, 0) is 17.6 Å². The van der Waals surface area contributed by atoms with Crippen molar-refractivity contribution in [3.8, 4) is 5.69 Å². The van der Waals surface area contributed by atoms with Crippen molar-refractivity contribution in [1.82, 2.24) is 20.2 Å². The third kappa shape index (κ3) is 3.80. The maximum atomic E-state index is 13.6. The summed E-state index contributed by atoms with van der Waals surface area (Å²) >= 11 is 1.36. The van der Waals surface area contributed by atoms with E-state index in [0.29, 0.717) is 5.16 Å². The lowest BCUT2D eigenvalue weighted by atomic mass is 10.0. The SMILES string of the molecule is Cc1ccc(C)c(-n2nnnc2SCC(=O)N2c3ccccc3CCc3ccccc32)c1. The fourth-order valence-corrected chi connectivity index (χ4v) is 4.84. The molecule has 5 rings (SSSR count). The summed E-state index contributed by atoms with van der Waals surface area (Å²) in [5.74, 6) is 0.237. The van der Waals surface area contributed by atoms with Gasteiger partial charge in [-0.05, 0) is 77.6 Å². The minimum absolute atomic E-state index is 0.00677. The molecule has 1 amide bonds. The summed E-state index contributed by atoms with van der Waals surface area (Å²) in [6.07, 6.45) is 1.82. The maximum absolute atomic E-state index is 13.6. The molecule has 0 saturated heterocycles. The Bertz CT molecular complexity index is 1250. The predicted molar refractivity (Wildman–Crippen MR) is 127 cm³/mol. The fourth-order valence-electron chi connectivity index (χ4n) is 4.11. The molecule has 1 aliphatic heterocycles. The van der Waals surface area contributed by atoms with E-state index in [2.05, 4.69) is 45.9 Å². The van der Waals surface area contributed by atoms with Crippen molar-refractivity contribution in [3.05, 3.63) is 89.0 Å². The standard InChI is InChI=1S/C25H23N5OS/c1-17-11-12-18(2)23(15-17)30-25(26-27-28-30)32-16-24(31)29-21-9-5-3-7-19(21)13-14-20-8-4-6-10-22(20)29/h3-12,15H,13-14,16H2,1-2H3. The Balaban J connectivity index is 1.45. The molecule has 0 radical (unpaired) electrons. The minimum atomic E-state index is 0.00677. The average Bonchev–Trinajstić information content (AvgIpc) is 3.21. The first-order valence-corrected chi connectivity index (χ1v) is 11.6. The molecule has 160 valence electrons. The molecule has 0 aliphatic carbocycles. The molecule has 0 atom stereocenters. The van der Waals surface area contributed by atoms with Crippen molar-refractivity contribution in [1.29, 1.82) is 0 Å². The molecule has 0 spiro atoms. The van der Waals surface area contributed by atoms with Gasteiger partial charge >= 0.3 is 0 Å². The van der Waals surface area contributed by atoms with Crippen molar-refractivity contribution in [3.63, 3.8) is 0 Å². The molecule has 4 aromatic rings. The number of fused-ring (bicyclic) bond motifs is 2. The number of tetrazole rings is 1. The highest BCUT2D eigenvalue weighted by Gasteiger charge is 2.26. The third-order valence-corrected chi connectivity index (χ3v) is 6.64. The number of amides is 1. The molecule has 0 unspecified atom stereocenters. The van der Waals surface area contributed by atoms with Crippen LogP contribution in [0.5, 0.6) is 0 Å². The monoisotopic (exact) mass is 441 g/mol. The normalized spacial score (nSPS) is 12.8. The zero-order valence-electron chi connectivity index (χ0n) is 18.0. The van der Waals surface area contributed by atoms with Crippen LogP contribution in [0.4, 0.5) is 11.4 Å². The van der Waals surface area contributed by atoms with Crippen LogP contribution < -0.4 is 4.90 Å². The maximum Gasteiger partial charge on any atom is 0.242 e. The first kappa shape index (κ1) is 20.5. The van der Waals surface area contributed by atoms with E-state index < -0.39 is 0 Å². The van der Waals surface area contributed by atoms with Crippen molar-refractivity contribution >= 4 is 29.0 Å². The second-order valence-corrected chi connectivity index (χ2v) is 8.88. The minimum Gasteiger partial charge on any atom is -0.280 e. The van der Waals surface area contributed by atoms with Gasteiger partial charge in [0.25, 0.3) is 0 Å². The molecule has 6 nitrogen and oxygen atoms in total. The van der Waals surface area contributed by atoms with E-state index in [1.54, 1.807) is 4.68 Å². The lowest BCUT2D eigenvalue weighted by Gasteiger charge is -2.24. The summed E-state index contributed by atoms with van der Waals surface area (Å²) in [6.45, 7) is 4.07. The molecular formula is C25H23N5OS. The largest absolute Gasteiger partial charge is 0.280 e. The molecule has 2 heterocycles. The number of para-hydroxylation sites is 2. The Morgan fingerprint density at radius 1 is 0.906 bits per heavy atom. The quantitative estimate of drug-likeness (QED) is 0.424. The van der Waals surface area contributed by atoms with E-state index in [9.17, 15) is 4.79 Å². The van der Waals surface area contributed by atoms with E-state index in [0.717, 1.165) is 41.0 Å². The topological polar surface area (TPSA) is 63.9 Å². The van der Waals surface area contributed by atoms with Crippen LogP contribution in [0.25, 0.3) is 5.69 Å². The van der Waals surface area contributed by atoms with Gasteiger partial charge < -0.3 is 0 Å². The molecule has 0 saturated carbocycles. The smallest absolute Gasteiger partial charge is 0.242 e. The summed E-state index contributed by atoms with van der Waals surface area (Å²) in [6, 6.07) is 22.5. The number of anilines is 2. The van der Waals surface area contributed by atoms with Gasteiger partial charge in [0.2, 0.25) is 11.1 Å². The van der Waals surface area contributed by atoms with Gasteiger partial charge in [-0.3, -0.25) is 9.69 Å². The summed E-state index contributed by atoms with van der Waals surface area (Å²) in [5.41, 5.74) is 7.41. The first-order valence-electron chi connectivity index (χ1n) is 10.6. The summed E-state index contributed by atoms with van der Waals surface area (Å²) < 4.78 is 1.71. The van der Waals surface area contributed by atoms with Crippen LogP contribution in [0.15, 0.2) is 71.9 Å². The number of thioether (sulfide) groups is 1. The zero-order valence-corrected chi connectivity index (χ0v) is 18.8. The van der Waals surface area contributed by atoms with Gasteiger partial charge in [0.15, 0.2) is 0 Å². The Labute approximate surface area is 191 Å². The van der Waals surface area contributed by atoms with Gasteiger partial charge in [0, 0.05) is 0 Å². The predicted octanol–water partition coefficient (Wildman–Crippen LogP) is 4.83. The Morgan fingerprint density at radius 2 is 1.56 bits per heavy atom. The van der Waals surface area contributed by atoms with Crippen LogP contribution in [0.2, 0.25) is 0 Å². The molecule has 3 aromatic carbocycles. The molecule has 0 bridgehead atoms. The highest BCUT2D eigenvalue weighted by atomic mass is 32.2. The van der Waals surface area contributed by atoms with Gasteiger partial charge in [0.1, 0.15) is 0 Å². The summed E-state index contributed by atoms with van der Waals surface area (Å²) in [7, 11) is 0. The number of carbonyl (C=O) groups excluding carboxylic acids is 1. The lowest BCUT2D eigenvalue weighted by molar-refractivity contribution is -0.115. The Kier molecular flexibility index (Phi) is 5.49. The van der Waals surface area contributed by atoms with Gasteiger partial charge in [-0.1, -0.05) is 60.3 Å². The molecule has 7 heteroatoms. The summed E-state index contributed by atoms with van der Waals surface area (Å²) in [4.78, 5) is 15.4. The molecular weight excluding hydrogens is 418 g/mol. The van der Waals surface area contributed by atoms with Crippen LogP contribution >= 0.6 is 11.8 Å². The molecule has 0 fully saturated rings. The third-order valence-electron chi connectivity index (χ3n) is 5.74. The van der Waals surface area contributed by atoms with Crippen molar-refractivity contribution < 1.29 is 4.79 Å². The Hall–Kier alpha value is -3.45. The van der Waals surface area contributed by atoms with Crippen molar-refractivity contribution in [2.75, 3.05) is 10.7 Å². The number of hydrogen-bond donors (Lipinski definition) is 0. The number of aromatic nitrogens is 4. The van der Waals surface area contributed by atoms with Crippen LogP contribution in [-0.4, -0.2) is 31.9 Å². The zero-order chi connectivity index (χ0) is 22.1. The molecule has 32 heavy (non-hydrogen) atoms.